The Labute approximate surface area is 128 Å². The molecule has 0 saturated carbocycles. The van der Waals surface area contributed by atoms with E-state index < -0.39 is 0 Å². The minimum atomic E-state index is 0.124. The zero-order valence-corrected chi connectivity index (χ0v) is 13.4. The summed E-state index contributed by atoms with van der Waals surface area (Å²) in [6.45, 7) is 5.77. The van der Waals surface area contributed by atoms with Gasteiger partial charge in [0.25, 0.3) is 0 Å². The van der Waals surface area contributed by atoms with Gasteiger partial charge in [-0.25, -0.2) is 0 Å². The fourth-order valence-electron chi connectivity index (χ4n) is 2.13. The Kier molecular flexibility index (Phi) is 5.68. The standard InChI is InChI=1S/C16H20BrNO2/c1-3-8-18-16(12-7-9-19-11-12)14-6-5-13(20-4-2)10-15(14)17/h5-7,9-11,16,18H,3-4,8H2,1-2H3. The molecule has 108 valence electrons. The van der Waals surface area contributed by atoms with Gasteiger partial charge in [-0.3, -0.25) is 0 Å². The maximum absolute atomic E-state index is 5.52. The van der Waals surface area contributed by atoms with Crippen LogP contribution in [0.1, 0.15) is 37.4 Å². The Morgan fingerprint density at radius 3 is 2.75 bits per heavy atom. The molecule has 0 bridgehead atoms. The predicted molar refractivity (Wildman–Crippen MR) is 84.2 cm³/mol. The van der Waals surface area contributed by atoms with Crippen LogP contribution in [0.4, 0.5) is 0 Å². The molecular formula is C16H20BrNO2. The highest BCUT2D eigenvalue weighted by molar-refractivity contribution is 9.10. The Morgan fingerprint density at radius 2 is 2.15 bits per heavy atom. The highest BCUT2D eigenvalue weighted by atomic mass is 79.9. The first kappa shape index (κ1) is 15.1. The first-order valence-electron chi connectivity index (χ1n) is 6.94. The van der Waals surface area contributed by atoms with Crippen LogP contribution in [0, 0.1) is 0 Å². The number of nitrogens with one attached hydrogen (secondary N) is 1. The van der Waals surface area contributed by atoms with E-state index in [0.717, 1.165) is 28.8 Å². The van der Waals surface area contributed by atoms with Crippen LogP contribution in [0.15, 0.2) is 45.7 Å². The highest BCUT2D eigenvalue weighted by Crippen LogP contribution is 2.31. The lowest BCUT2D eigenvalue weighted by molar-refractivity contribution is 0.340. The minimum Gasteiger partial charge on any atom is -0.494 e. The van der Waals surface area contributed by atoms with Crippen molar-refractivity contribution >= 4 is 15.9 Å². The molecule has 0 aliphatic carbocycles. The van der Waals surface area contributed by atoms with E-state index in [2.05, 4.69) is 34.2 Å². The van der Waals surface area contributed by atoms with Gasteiger partial charge in [0.1, 0.15) is 5.75 Å². The van der Waals surface area contributed by atoms with Gasteiger partial charge < -0.3 is 14.5 Å². The fourth-order valence-corrected chi connectivity index (χ4v) is 2.72. The average molecular weight is 338 g/mol. The molecule has 1 N–H and O–H groups in total. The van der Waals surface area contributed by atoms with Gasteiger partial charge in [0.05, 0.1) is 25.2 Å². The molecule has 2 rings (SSSR count). The maximum atomic E-state index is 5.52. The monoisotopic (exact) mass is 337 g/mol. The summed E-state index contributed by atoms with van der Waals surface area (Å²) < 4.78 is 11.8. The molecule has 0 radical (unpaired) electrons. The van der Waals surface area contributed by atoms with E-state index >= 15 is 0 Å². The van der Waals surface area contributed by atoms with Crippen LogP contribution in [-0.4, -0.2) is 13.2 Å². The quantitative estimate of drug-likeness (QED) is 0.805. The van der Waals surface area contributed by atoms with Crippen molar-refractivity contribution in [2.24, 2.45) is 0 Å². The normalized spacial score (nSPS) is 12.3. The van der Waals surface area contributed by atoms with Crippen molar-refractivity contribution in [3.05, 3.63) is 52.4 Å². The largest absolute Gasteiger partial charge is 0.494 e. The summed E-state index contributed by atoms with van der Waals surface area (Å²) in [6.07, 6.45) is 4.58. The first-order chi connectivity index (χ1) is 9.76. The van der Waals surface area contributed by atoms with Crippen molar-refractivity contribution in [2.75, 3.05) is 13.2 Å². The van der Waals surface area contributed by atoms with Crippen LogP contribution in [-0.2, 0) is 0 Å². The number of benzene rings is 1. The Bertz CT molecular complexity index is 525. The van der Waals surface area contributed by atoms with Crippen LogP contribution in [0.2, 0.25) is 0 Å². The summed E-state index contributed by atoms with van der Waals surface area (Å²) in [7, 11) is 0. The molecule has 0 fully saturated rings. The van der Waals surface area contributed by atoms with Crippen molar-refractivity contribution in [1.82, 2.24) is 5.32 Å². The van der Waals surface area contributed by atoms with E-state index in [1.807, 2.05) is 25.1 Å². The number of halogens is 1. The molecule has 0 spiro atoms. The van der Waals surface area contributed by atoms with Crippen LogP contribution < -0.4 is 10.1 Å². The summed E-state index contributed by atoms with van der Waals surface area (Å²) in [5.41, 5.74) is 2.31. The lowest BCUT2D eigenvalue weighted by Gasteiger charge is -2.19. The minimum absolute atomic E-state index is 0.124. The maximum Gasteiger partial charge on any atom is 0.120 e. The summed E-state index contributed by atoms with van der Waals surface area (Å²) in [4.78, 5) is 0. The van der Waals surface area contributed by atoms with E-state index in [9.17, 15) is 0 Å². The molecule has 1 heterocycles. The van der Waals surface area contributed by atoms with Crippen LogP contribution >= 0.6 is 15.9 Å². The van der Waals surface area contributed by atoms with Crippen molar-refractivity contribution in [1.29, 1.82) is 0 Å². The molecule has 1 unspecified atom stereocenters. The van der Waals surface area contributed by atoms with Gasteiger partial charge in [-0.2, -0.15) is 0 Å². The molecule has 0 amide bonds. The second-order valence-corrected chi connectivity index (χ2v) is 5.41. The summed E-state index contributed by atoms with van der Waals surface area (Å²) in [6, 6.07) is 8.23. The number of ether oxygens (including phenoxy) is 1. The molecule has 2 aromatic rings. The summed E-state index contributed by atoms with van der Waals surface area (Å²) in [5.74, 6) is 0.879. The van der Waals surface area contributed by atoms with Crippen LogP contribution in [0.25, 0.3) is 0 Å². The number of hydrogen-bond donors (Lipinski definition) is 1. The van der Waals surface area contributed by atoms with Crippen molar-refractivity contribution < 1.29 is 9.15 Å². The Morgan fingerprint density at radius 1 is 1.30 bits per heavy atom. The molecular weight excluding hydrogens is 318 g/mol. The number of furan rings is 1. The topological polar surface area (TPSA) is 34.4 Å². The van der Waals surface area contributed by atoms with E-state index in [1.54, 1.807) is 12.5 Å². The van der Waals surface area contributed by atoms with E-state index in [0.29, 0.717) is 6.61 Å². The molecule has 1 aromatic carbocycles. The molecule has 1 aromatic heterocycles. The molecule has 0 aliphatic rings. The number of rotatable bonds is 7. The zero-order chi connectivity index (χ0) is 14.4. The smallest absolute Gasteiger partial charge is 0.120 e. The lowest BCUT2D eigenvalue weighted by atomic mass is 10.0. The Balaban J connectivity index is 2.28. The fraction of sp³-hybridized carbons (Fsp3) is 0.375. The number of hydrogen-bond acceptors (Lipinski definition) is 3. The van der Waals surface area contributed by atoms with Crippen LogP contribution in [0.3, 0.4) is 0 Å². The zero-order valence-electron chi connectivity index (χ0n) is 11.9. The van der Waals surface area contributed by atoms with Crippen molar-refractivity contribution in [3.8, 4) is 5.75 Å². The van der Waals surface area contributed by atoms with Crippen molar-refractivity contribution in [3.63, 3.8) is 0 Å². The van der Waals surface area contributed by atoms with Gasteiger partial charge >= 0.3 is 0 Å². The third kappa shape index (κ3) is 3.64. The van der Waals surface area contributed by atoms with Gasteiger partial charge in [-0.05, 0) is 43.7 Å². The second-order valence-electron chi connectivity index (χ2n) is 4.56. The molecule has 20 heavy (non-hydrogen) atoms. The summed E-state index contributed by atoms with van der Waals surface area (Å²) >= 11 is 3.64. The van der Waals surface area contributed by atoms with Gasteiger partial charge in [0.2, 0.25) is 0 Å². The van der Waals surface area contributed by atoms with Gasteiger partial charge in [-0.1, -0.05) is 28.9 Å². The highest BCUT2D eigenvalue weighted by Gasteiger charge is 2.17. The SMILES string of the molecule is CCCNC(c1ccoc1)c1ccc(OCC)cc1Br. The average Bonchev–Trinajstić information content (AvgIpc) is 2.95. The molecule has 0 aliphatic heterocycles. The van der Waals surface area contributed by atoms with Gasteiger partial charge in [-0.15, -0.1) is 0 Å². The Hall–Kier alpha value is -1.26. The molecule has 3 nitrogen and oxygen atoms in total. The second kappa shape index (κ2) is 7.50. The molecule has 1 atom stereocenters. The van der Waals surface area contributed by atoms with Crippen LogP contribution in [0.5, 0.6) is 5.75 Å². The lowest BCUT2D eigenvalue weighted by Crippen LogP contribution is -2.23. The van der Waals surface area contributed by atoms with E-state index in [1.165, 1.54) is 5.56 Å². The van der Waals surface area contributed by atoms with Gasteiger partial charge in [0.15, 0.2) is 0 Å². The van der Waals surface area contributed by atoms with E-state index in [-0.39, 0.29) is 6.04 Å². The third-order valence-electron chi connectivity index (χ3n) is 3.07. The van der Waals surface area contributed by atoms with E-state index in [4.69, 9.17) is 9.15 Å². The first-order valence-corrected chi connectivity index (χ1v) is 7.73. The predicted octanol–water partition coefficient (Wildman–Crippen LogP) is 4.53. The van der Waals surface area contributed by atoms with Gasteiger partial charge in [0, 0.05) is 10.0 Å². The molecule has 0 saturated heterocycles. The summed E-state index contributed by atoms with van der Waals surface area (Å²) in [5, 5.41) is 3.55. The third-order valence-corrected chi connectivity index (χ3v) is 3.76. The van der Waals surface area contributed by atoms with Crippen molar-refractivity contribution in [2.45, 2.75) is 26.3 Å². The molecule has 4 heteroatoms.